The van der Waals surface area contributed by atoms with E-state index in [0.29, 0.717) is 0 Å². The molecule has 1 aromatic carbocycles. The summed E-state index contributed by atoms with van der Waals surface area (Å²) in [5, 5.41) is 0. The standard InChI is InChI=1S/C16H19N3O2/c1-14(10-11-8-6-5-7-9-11)15(2)16(14,3)19-13(21)17(4)12(20)18(15)19/h5-9H,10H2,1-4H3/t14?,15-,16+. The van der Waals surface area contributed by atoms with Crippen LogP contribution in [-0.4, -0.2) is 13.9 Å². The van der Waals surface area contributed by atoms with Crippen LogP contribution in [0.3, 0.4) is 0 Å². The summed E-state index contributed by atoms with van der Waals surface area (Å²) in [5.41, 5.74) is 0.133. The zero-order valence-corrected chi connectivity index (χ0v) is 12.8. The molecule has 0 spiro atoms. The van der Waals surface area contributed by atoms with Crippen LogP contribution in [0.25, 0.3) is 0 Å². The highest BCUT2D eigenvalue weighted by molar-refractivity contribution is 5.40. The first kappa shape index (κ1) is 12.7. The van der Waals surface area contributed by atoms with Gasteiger partial charge in [-0.2, -0.15) is 0 Å². The van der Waals surface area contributed by atoms with Gasteiger partial charge in [0.15, 0.2) is 0 Å². The third-order valence-corrected chi connectivity index (χ3v) is 6.42. The van der Waals surface area contributed by atoms with Crippen molar-refractivity contribution in [3.63, 3.8) is 0 Å². The van der Waals surface area contributed by atoms with Crippen molar-refractivity contribution in [1.82, 2.24) is 13.9 Å². The van der Waals surface area contributed by atoms with E-state index < -0.39 is 0 Å². The fraction of sp³-hybridized carbons (Fsp3) is 0.500. The summed E-state index contributed by atoms with van der Waals surface area (Å²) in [7, 11) is 1.55. The smallest absolute Gasteiger partial charge is 0.246 e. The van der Waals surface area contributed by atoms with Crippen LogP contribution in [0, 0.1) is 5.41 Å². The zero-order valence-electron chi connectivity index (χ0n) is 12.8. The van der Waals surface area contributed by atoms with Crippen molar-refractivity contribution in [2.45, 2.75) is 38.3 Å². The molecule has 1 fully saturated rings. The molecule has 1 aliphatic heterocycles. The van der Waals surface area contributed by atoms with Gasteiger partial charge in [-0.3, -0.25) is 0 Å². The Morgan fingerprint density at radius 2 is 1.38 bits per heavy atom. The first-order chi connectivity index (χ1) is 9.80. The minimum atomic E-state index is -0.284. The SMILES string of the molecule is Cn1c(=O)n2n(c1=O)[C@]1(C)C(C)(Cc3ccccc3)[C@]21C. The minimum Gasteiger partial charge on any atom is -0.246 e. The van der Waals surface area contributed by atoms with Crippen molar-refractivity contribution in [3.05, 3.63) is 56.9 Å². The molecule has 3 atom stereocenters. The van der Waals surface area contributed by atoms with Gasteiger partial charge >= 0.3 is 11.4 Å². The third-order valence-electron chi connectivity index (χ3n) is 6.42. The summed E-state index contributed by atoms with van der Waals surface area (Å²) in [4.78, 5) is 24.6. The van der Waals surface area contributed by atoms with Gasteiger partial charge in [-0.1, -0.05) is 37.3 Å². The summed E-state index contributed by atoms with van der Waals surface area (Å²) < 4.78 is 4.50. The van der Waals surface area contributed by atoms with Gasteiger partial charge in [0.1, 0.15) is 0 Å². The van der Waals surface area contributed by atoms with Crippen LogP contribution in [-0.2, 0) is 24.5 Å². The number of nitrogens with zero attached hydrogens (tertiary/aromatic N) is 3. The van der Waals surface area contributed by atoms with Gasteiger partial charge in [0, 0.05) is 12.5 Å². The van der Waals surface area contributed by atoms with E-state index in [0.717, 1.165) is 6.42 Å². The predicted molar refractivity (Wildman–Crippen MR) is 79.5 cm³/mol. The lowest BCUT2D eigenvalue weighted by atomic mass is 9.92. The van der Waals surface area contributed by atoms with E-state index in [4.69, 9.17) is 0 Å². The second kappa shape index (κ2) is 3.24. The van der Waals surface area contributed by atoms with Gasteiger partial charge in [0.2, 0.25) is 0 Å². The molecule has 1 aromatic heterocycles. The Morgan fingerprint density at radius 1 is 0.905 bits per heavy atom. The van der Waals surface area contributed by atoms with Crippen LogP contribution in [0.2, 0.25) is 0 Å². The third kappa shape index (κ3) is 0.991. The molecule has 1 aliphatic carbocycles. The van der Waals surface area contributed by atoms with E-state index in [-0.39, 0.29) is 27.9 Å². The molecule has 0 N–H and O–H groups in total. The summed E-state index contributed by atoms with van der Waals surface area (Å²) in [5.74, 6) is 0. The molecule has 110 valence electrons. The molecule has 5 heteroatoms. The van der Waals surface area contributed by atoms with Gasteiger partial charge in [0.25, 0.3) is 0 Å². The van der Waals surface area contributed by atoms with Gasteiger partial charge in [-0.15, -0.1) is 0 Å². The van der Waals surface area contributed by atoms with Crippen molar-refractivity contribution in [3.8, 4) is 0 Å². The molecule has 5 nitrogen and oxygen atoms in total. The van der Waals surface area contributed by atoms with Crippen LogP contribution < -0.4 is 11.4 Å². The number of rotatable bonds is 2. The van der Waals surface area contributed by atoms with E-state index in [9.17, 15) is 9.59 Å². The minimum absolute atomic E-state index is 0.117. The lowest BCUT2D eigenvalue weighted by Gasteiger charge is -2.32. The molecular formula is C16H19N3O2. The van der Waals surface area contributed by atoms with Crippen molar-refractivity contribution in [2.24, 2.45) is 12.5 Å². The normalized spacial score (nSPS) is 35.8. The van der Waals surface area contributed by atoms with E-state index in [1.54, 1.807) is 16.4 Å². The Hall–Kier alpha value is -2.04. The van der Waals surface area contributed by atoms with Crippen LogP contribution in [0.1, 0.15) is 26.3 Å². The average molecular weight is 285 g/mol. The molecule has 2 aromatic rings. The van der Waals surface area contributed by atoms with Crippen molar-refractivity contribution < 1.29 is 0 Å². The number of aromatic nitrogens is 3. The average Bonchev–Trinajstić information content (AvgIpc) is 2.66. The summed E-state index contributed by atoms with van der Waals surface area (Å²) in [6.07, 6.45) is 0.859. The second-order valence-corrected chi connectivity index (χ2v) is 6.89. The first-order valence-electron chi connectivity index (χ1n) is 7.26. The van der Waals surface area contributed by atoms with Crippen molar-refractivity contribution >= 4 is 0 Å². The number of benzene rings is 1. The van der Waals surface area contributed by atoms with E-state index >= 15 is 0 Å². The lowest BCUT2D eigenvalue weighted by Crippen LogP contribution is -2.52. The molecule has 0 bridgehead atoms. The summed E-state index contributed by atoms with van der Waals surface area (Å²) >= 11 is 0. The first-order valence-corrected chi connectivity index (χ1v) is 7.26. The molecule has 0 amide bonds. The maximum absolute atomic E-state index is 12.3. The summed E-state index contributed by atoms with van der Waals surface area (Å²) in [6.45, 7) is 6.37. The number of hydrogen-bond acceptors (Lipinski definition) is 2. The van der Waals surface area contributed by atoms with Gasteiger partial charge < -0.3 is 0 Å². The van der Waals surface area contributed by atoms with E-state index in [1.165, 1.54) is 10.1 Å². The largest absolute Gasteiger partial charge is 0.347 e. The van der Waals surface area contributed by atoms with E-state index in [2.05, 4.69) is 32.9 Å². The zero-order chi connectivity index (χ0) is 15.2. The Balaban J connectivity index is 1.86. The maximum atomic E-state index is 12.3. The Labute approximate surface area is 122 Å². The highest BCUT2D eigenvalue weighted by Gasteiger charge is 2.90. The van der Waals surface area contributed by atoms with Crippen LogP contribution >= 0.6 is 0 Å². The predicted octanol–water partition coefficient (Wildman–Crippen LogP) is 1.06. The van der Waals surface area contributed by atoms with Crippen LogP contribution in [0.5, 0.6) is 0 Å². The Kier molecular flexibility index (Phi) is 1.95. The second-order valence-electron chi connectivity index (χ2n) is 6.89. The van der Waals surface area contributed by atoms with Crippen molar-refractivity contribution in [2.75, 3.05) is 0 Å². The maximum Gasteiger partial charge on any atom is 0.347 e. The highest BCUT2D eigenvalue weighted by atomic mass is 16.2. The Bertz CT molecular complexity index is 826. The van der Waals surface area contributed by atoms with Gasteiger partial charge in [-0.25, -0.2) is 23.5 Å². The fourth-order valence-corrected chi connectivity index (χ4v) is 4.67. The van der Waals surface area contributed by atoms with Gasteiger partial charge in [-0.05, 0) is 25.8 Å². The monoisotopic (exact) mass is 285 g/mol. The molecule has 0 saturated heterocycles. The topological polar surface area (TPSA) is 48.9 Å². The van der Waals surface area contributed by atoms with Gasteiger partial charge in [0.05, 0.1) is 11.1 Å². The molecule has 1 unspecified atom stereocenters. The molecule has 4 rings (SSSR count). The van der Waals surface area contributed by atoms with Crippen LogP contribution in [0.4, 0.5) is 0 Å². The number of hydrogen-bond donors (Lipinski definition) is 0. The van der Waals surface area contributed by atoms with Crippen molar-refractivity contribution in [1.29, 1.82) is 0 Å². The molecule has 21 heavy (non-hydrogen) atoms. The van der Waals surface area contributed by atoms with E-state index in [1.807, 2.05) is 18.2 Å². The molecule has 0 radical (unpaired) electrons. The Morgan fingerprint density at radius 3 is 1.86 bits per heavy atom. The molecule has 2 heterocycles. The fourth-order valence-electron chi connectivity index (χ4n) is 4.67. The summed E-state index contributed by atoms with van der Waals surface area (Å²) in [6, 6.07) is 10.3. The quantitative estimate of drug-likeness (QED) is 0.828. The molecular weight excluding hydrogens is 266 g/mol. The number of fused-ring (bicyclic) bond motifs is 4. The molecule has 2 aliphatic rings. The molecule has 1 saturated carbocycles. The van der Waals surface area contributed by atoms with Crippen LogP contribution in [0.15, 0.2) is 39.9 Å². The highest BCUT2D eigenvalue weighted by Crippen LogP contribution is 2.79. The lowest BCUT2D eigenvalue weighted by molar-refractivity contribution is 0.151.